The van der Waals surface area contributed by atoms with E-state index in [0.29, 0.717) is 9.04 Å². The smallest absolute Gasteiger partial charge is 1.00 e. The van der Waals surface area contributed by atoms with E-state index in [1.165, 1.54) is 9.76 Å². The monoisotopic (exact) mass is 194 g/mol. The Balaban J connectivity index is -0.00000000667. The number of halogens is 2. The van der Waals surface area contributed by atoms with Gasteiger partial charge in [-0.3, -0.25) is 0 Å². The molecule has 5 heteroatoms. The molecule has 0 saturated heterocycles. The van der Waals surface area contributed by atoms with E-state index in [0.717, 1.165) is 0 Å². The molecule has 0 aliphatic heterocycles. The van der Waals surface area contributed by atoms with Crippen LogP contribution in [0.2, 0.25) is 6.55 Å². The summed E-state index contributed by atoms with van der Waals surface area (Å²) in [5, 5.41) is 0. The maximum absolute atomic E-state index is 2.33. The fraction of sp³-hybridized carbons (Fsp3) is 1.00. The maximum atomic E-state index is 2.33. The molecule has 0 N–H and O–H groups in total. The van der Waals surface area contributed by atoms with Gasteiger partial charge in [-0.2, -0.15) is 0 Å². The summed E-state index contributed by atoms with van der Waals surface area (Å²) in [5.41, 5.74) is 0. The molecule has 0 aromatic rings. The predicted molar refractivity (Wildman–Crippen MR) is 24.3 cm³/mol. The Morgan fingerprint density at radius 3 is 1.33 bits per heavy atom. The fourth-order valence-corrected chi connectivity index (χ4v) is 0. The average Bonchev–Trinajstić information content (AvgIpc) is 0.918. The van der Waals surface area contributed by atoms with Crippen LogP contribution in [0.3, 0.4) is 0 Å². The summed E-state index contributed by atoms with van der Waals surface area (Å²) in [6.07, 6.45) is 0. The van der Waals surface area contributed by atoms with E-state index in [4.69, 9.17) is 0 Å². The average molecular weight is 195 g/mol. The molecule has 0 rings (SSSR count). The molecule has 0 aliphatic rings. The van der Waals surface area contributed by atoms with Crippen molar-refractivity contribution in [1.82, 2.24) is 0 Å². The first-order valence-electron chi connectivity index (χ1n) is 1.41. The second-order valence-corrected chi connectivity index (χ2v) is 6.36. The van der Waals surface area contributed by atoms with Gasteiger partial charge in [0.05, 0.1) is 0 Å². The summed E-state index contributed by atoms with van der Waals surface area (Å²) < 4.78 is 0. The molecule has 0 aromatic carbocycles. The molecule has 6 heavy (non-hydrogen) atoms. The molecule has 0 unspecified atom stereocenters. The fourth-order valence-electron chi connectivity index (χ4n) is 0. The first-order chi connectivity index (χ1) is 1.41. The van der Waals surface area contributed by atoms with Crippen molar-refractivity contribution in [3.05, 3.63) is 0 Å². The van der Waals surface area contributed by atoms with Gasteiger partial charge in [0, 0.05) is 9.04 Å². The van der Waals surface area contributed by atoms with Gasteiger partial charge in [-0.15, -0.1) is 0 Å². The molecule has 0 fully saturated rings. The van der Waals surface area contributed by atoms with Gasteiger partial charge in [-0.1, -0.05) is 6.55 Å². The topological polar surface area (TPSA) is 0 Å². The molecular formula is CH8Cl2Si2Ti. The van der Waals surface area contributed by atoms with Gasteiger partial charge >= 0.3 is 21.7 Å². The van der Waals surface area contributed by atoms with Gasteiger partial charge in [-0.05, 0) is 9.76 Å². The van der Waals surface area contributed by atoms with Crippen LogP contribution in [0.4, 0.5) is 0 Å². The molecule has 0 radical (unpaired) electrons. The molecule has 0 aromatic heterocycles. The Bertz CT molecular complexity index is 11.5. The van der Waals surface area contributed by atoms with Crippen LogP contribution in [0, 0.1) is 0 Å². The predicted octanol–water partition coefficient (Wildman–Crippen LogP) is -7.51. The van der Waals surface area contributed by atoms with Crippen molar-refractivity contribution in [2.45, 2.75) is 6.55 Å². The summed E-state index contributed by atoms with van der Waals surface area (Å²) >= 11 is 0. The third-order valence-corrected chi connectivity index (χ3v) is 0. The normalized spacial score (nSPS) is 5.50. The third-order valence-electron chi connectivity index (χ3n) is 0. The first-order valence-corrected chi connectivity index (χ1v) is 8.49. The van der Waals surface area contributed by atoms with Gasteiger partial charge in [0.2, 0.25) is 0 Å². The van der Waals surface area contributed by atoms with Crippen molar-refractivity contribution in [3.63, 3.8) is 0 Å². The van der Waals surface area contributed by atoms with Gasteiger partial charge in [0.1, 0.15) is 0 Å². The van der Waals surface area contributed by atoms with E-state index in [2.05, 4.69) is 6.55 Å². The zero-order valence-electron chi connectivity index (χ0n) is 3.96. The standard InChI is InChI=1S/CH8Si2.2ClH.Ti/c1-3-2;;;/h3H2,1-2H3;2*1H;/q;;;+2/p-2. The molecule has 0 nitrogen and oxygen atoms in total. The molecule has 0 spiro atoms. The van der Waals surface area contributed by atoms with Crippen LogP contribution in [0.25, 0.3) is 0 Å². The van der Waals surface area contributed by atoms with E-state index in [1.54, 1.807) is 0 Å². The molecule has 0 heterocycles. The van der Waals surface area contributed by atoms with Crippen molar-refractivity contribution in [2.75, 3.05) is 0 Å². The van der Waals surface area contributed by atoms with Crippen LogP contribution in [0.5, 0.6) is 0 Å². The van der Waals surface area contributed by atoms with E-state index in [-0.39, 0.29) is 46.5 Å². The quantitative estimate of drug-likeness (QED) is 0.337. The Labute approximate surface area is 71.6 Å². The van der Waals surface area contributed by atoms with Crippen molar-refractivity contribution in [2.24, 2.45) is 0 Å². The van der Waals surface area contributed by atoms with Gasteiger partial charge in [0.25, 0.3) is 0 Å². The molecule has 38 valence electrons. The number of hydrogen-bond acceptors (Lipinski definition) is 0. The largest absolute Gasteiger partial charge is 2.00 e. The zero-order valence-corrected chi connectivity index (χ0v) is 10.5. The van der Waals surface area contributed by atoms with Crippen molar-refractivity contribution in [1.29, 1.82) is 0 Å². The van der Waals surface area contributed by atoms with Gasteiger partial charge < -0.3 is 24.8 Å². The van der Waals surface area contributed by atoms with E-state index < -0.39 is 0 Å². The maximum Gasteiger partial charge on any atom is 2.00 e. The minimum atomic E-state index is 0. The summed E-state index contributed by atoms with van der Waals surface area (Å²) in [7, 11) is 2.06. The zero-order chi connectivity index (χ0) is 2.71. The Hall–Kier alpha value is 1.73. The van der Waals surface area contributed by atoms with E-state index >= 15 is 0 Å². The minimum absolute atomic E-state index is 0. The molecule has 0 bridgehead atoms. The number of rotatable bonds is 0. The van der Waals surface area contributed by atoms with Crippen molar-refractivity contribution >= 4 is 18.8 Å². The van der Waals surface area contributed by atoms with Gasteiger partial charge in [0.15, 0.2) is 0 Å². The Morgan fingerprint density at radius 2 is 1.33 bits per heavy atom. The van der Waals surface area contributed by atoms with Crippen LogP contribution >= 0.6 is 0 Å². The van der Waals surface area contributed by atoms with Crippen LogP contribution < -0.4 is 24.8 Å². The SMILES string of the molecule is C[SiH2][SiH3].[Cl-].[Cl-].[Ti+2]. The molecule has 0 saturated carbocycles. The minimum Gasteiger partial charge on any atom is -1.00 e. The Morgan fingerprint density at radius 1 is 1.33 bits per heavy atom. The third kappa shape index (κ3) is 42.9. The first kappa shape index (κ1) is 25.2. The van der Waals surface area contributed by atoms with E-state index in [1.807, 2.05) is 0 Å². The molecular weight excluding hydrogens is 187 g/mol. The second kappa shape index (κ2) is 29.7. The summed E-state index contributed by atoms with van der Waals surface area (Å²) in [4.78, 5) is 0. The van der Waals surface area contributed by atoms with Gasteiger partial charge in [-0.25, -0.2) is 0 Å². The van der Waals surface area contributed by atoms with Crippen LogP contribution in [-0.4, -0.2) is 18.8 Å². The summed E-state index contributed by atoms with van der Waals surface area (Å²) in [6, 6.07) is 0. The van der Waals surface area contributed by atoms with Crippen LogP contribution in [-0.2, 0) is 21.7 Å². The summed E-state index contributed by atoms with van der Waals surface area (Å²) in [6.45, 7) is 2.33. The van der Waals surface area contributed by atoms with Crippen molar-refractivity contribution < 1.29 is 46.5 Å². The van der Waals surface area contributed by atoms with E-state index in [9.17, 15) is 0 Å². The van der Waals surface area contributed by atoms with Crippen LogP contribution in [0.1, 0.15) is 0 Å². The second-order valence-electron chi connectivity index (χ2n) is 0.707. The molecule has 0 amide bonds. The molecule has 0 aliphatic carbocycles. The number of hydrogen-bond donors (Lipinski definition) is 0. The Kier molecular flexibility index (Phi) is 124. The molecule has 0 atom stereocenters. The van der Waals surface area contributed by atoms with Crippen molar-refractivity contribution in [3.8, 4) is 0 Å². The van der Waals surface area contributed by atoms with Crippen LogP contribution in [0.15, 0.2) is 0 Å². The summed E-state index contributed by atoms with van der Waals surface area (Å²) in [5.74, 6) is 0.